The molecule has 0 amide bonds. The maximum absolute atomic E-state index is 2.47. The van der Waals surface area contributed by atoms with Crippen molar-refractivity contribution in [3.05, 3.63) is 167 Å². The first-order chi connectivity index (χ1) is 17.4. The summed E-state index contributed by atoms with van der Waals surface area (Å²) >= 11 is 0. The molecule has 0 saturated heterocycles. The standard InChI is InChI=1S/C35H24/c1-2-12-24(13-3-1)25(22-34-30-18-8-4-14-26(30)27-15-5-9-19-31(27)34)23-35-32-20-10-6-16-28(32)29-17-7-11-21-33(29)35/h1-23,25H. The van der Waals surface area contributed by atoms with Crippen molar-refractivity contribution in [3.8, 4) is 22.3 Å². The normalized spacial score (nSPS) is 12.7. The number of benzene rings is 5. The third-order valence-corrected chi connectivity index (χ3v) is 7.33. The average Bonchev–Trinajstić information content (AvgIpc) is 3.42. The van der Waals surface area contributed by atoms with Gasteiger partial charge in [-0.05, 0) is 61.2 Å². The second-order valence-electron chi connectivity index (χ2n) is 9.28. The van der Waals surface area contributed by atoms with Crippen molar-refractivity contribution in [2.75, 3.05) is 0 Å². The van der Waals surface area contributed by atoms with Crippen LogP contribution in [0, 0.1) is 0 Å². The lowest BCUT2D eigenvalue weighted by atomic mass is 9.89. The Morgan fingerprint density at radius 2 is 0.600 bits per heavy atom. The first-order valence-electron chi connectivity index (χ1n) is 12.3. The lowest BCUT2D eigenvalue weighted by molar-refractivity contribution is 1.09. The quantitative estimate of drug-likeness (QED) is 0.255. The van der Waals surface area contributed by atoms with E-state index in [9.17, 15) is 0 Å². The number of hydrogen-bond donors (Lipinski definition) is 0. The maximum Gasteiger partial charge on any atom is 0.0217 e. The van der Waals surface area contributed by atoms with Gasteiger partial charge in [-0.1, -0.05) is 140 Å². The van der Waals surface area contributed by atoms with E-state index in [0.717, 1.165) is 0 Å². The van der Waals surface area contributed by atoms with Crippen molar-refractivity contribution in [3.63, 3.8) is 0 Å². The van der Waals surface area contributed by atoms with E-state index in [1.165, 1.54) is 61.2 Å². The molecule has 2 aliphatic carbocycles. The summed E-state index contributed by atoms with van der Waals surface area (Å²) < 4.78 is 0. The Morgan fingerprint density at radius 3 is 0.943 bits per heavy atom. The summed E-state index contributed by atoms with van der Waals surface area (Å²) in [4.78, 5) is 0. The van der Waals surface area contributed by atoms with Crippen LogP contribution in [0.15, 0.2) is 140 Å². The van der Waals surface area contributed by atoms with Gasteiger partial charge in [-0.15, -0.1) is 0 Å². The van der Waals surface area contributed by atoms with Crippen LogP contribution in [0.5, 0.6) is 0 Å². The fraction of sp³-hybridized carbons (Fsp3) is 0.0286. The van der Waals surface area contributed by atoms with Crippen molar-refractivity contribution in [1.82, 2.24) is 0 Å². The number of hydrogen-bond acceptors (Lipinski definition) is 0. The lowest BCUT2D eigenvalue weighted by Crippen LogP contribution is -1.96. The largest absolute Gasteiger partial charge is 0.0647 e. The fourth-order valence-corrected chi connectivity index (χ4v) is 5.74. The van der Waals surface area contributed by atoms with Crippen molar-refractivity contribution < 1.29 is 0 Å². The highest BCUT2D eigenvalue weighted by Crippen LogP contribution is 2.48. The van der Waals surface area contributed by atoms with Gasteiger partial charge in [0.05, 0.1) is 0 Å². The molecule has 0 nitrogen and oxygen atoms in total. The minimum Gasteiger partial charge on any atom is -0.0647 e. The van der Waals surface area contributed by atoms with E-state index in [0.29, 0.717) is 0 Å². The molecule has 0 saturated carbocycles. The Kier molecular flexibility index (Phi) is 4.63. The summed E-state index contributed by atoms with van der Waals surface area (Å²) in [6.07, 6.45) is 4.94. The van der Waals surface area contributed by atoms with Gasteiger partial charge in [0, 0.05) is 5.92 Å². The van der Waals surface area contributed by atoms with Crippen LogP contribution in [0.25, 0.3) is 33.4 Å². The molecule has 5 aromatic carbocycles. The van der Waals surface area contributed by atoms with Gasteiger partial charge in [-0.25, -0.2) is 0 Å². The van der Waals surface area contributed by atoms with Crippen LogP contribution in [-0.4, -0.2) is 0 Å². The first kappa shape index (κ1) is 20.0. The van der Waals surface area contributed by atoms with E-state index >= 15 is 0 Å². The SMILES string of the molecule is C(=C1c2ccccc2-c2ccccc21)C(C=C1c2ccccc2-c2ccccc21)c1ccccc1. The summed E-state index contributed by atoms with van der Waals surface area (Å²) in [5.41, 5.74) is 14.5. The molecule has 0 aromatic heterocycles. The lowest BCUT2D eigenvalue weighted by Gasteiger charge is -2.14. The average molecular weight is 445 g/mol. The van der Waals surface area contributed by atoms with E-state index in [1.54, 1.807) is 0 Å². The minimum atomic E-state index is 0.139. The molecular weight excluding hydrogens is 420 g/mol. The van der Waals surface area contributed by atoms with Gasteiger partial charge in [0.1, 0.15) is 0 Å². The van der Waals surface area contributed by atoms with E-state index in [-0.39, 0.29) is 5.92 Å². The van der Waals surface area contributed by atoms with Crippen LogP contribution >= 0.6 is 0 Å². The van der Waals surface area contributed by atoms with Crippen LogP contribution in [-0.2, 0) is 0 Å². The first-order valence-corrected chi connectivity index (χ1v) is 12.3. The molecule has 0 aliphatic heterocycles. The highest BCUT2D eigenvalue weighted by molar-refractivity contribution is 6.03. The predicted molar refractivity (Wildman–Crippen MR) is 147 cm³/mol. The number of rotatable bonds is 3. The maximum atomic E-state index is 2.47. The zero-order valence-electron chi connectivity index (χ0n) is 19.4. The van der Waals surface area contributed by atoms with Crippen LogP contribution < -0.4 is 0 Å². The summed E-state index contributed by atoms with van der Waals surface area (Å²) in [7, 11) is 0. The predicted octanol–water partition coefficient (Wildman–Crippen LogP) is 8.99. The molecule has 0 spiro atoms. The highest BCUT2D eigenvalue weighted by atomic mass is 14.3. The topological polar surface area (TPSA) is 0 Å². The summed E-state index contributed by atoms with van der Waals surface area (Å²) in [5, 5.41) is 0. The number of allylic oxidation sites excluding steroid dienone is 2. The molecule has 0 radical (unpaired) electrons. The molecular formula is C35H24. The second kappa shape index (κ2) is 8.11. The summed E-state index contributed by atoms with van der Waals surface area (Å²) in [5.74, 6) is 0.139. The fourth-order valence-electron chi connectivity index (χ4n) is 5.74. The Bertz CT molecular complexity index is 1430. The van der Waals surface area contributed by atoms with Gasteiger partial charge in [0.25, 0.3) is 0 Å². The Balaban J connectivity index is 1.47. The monoisotopic (exact) mass is 444 g/mol. The molecule has 2 aliphatic rings. The molecule has 0 heterocycles. The Morgan fingerprint density at radius 1 is 0.314 bits per heavy atom. The third-order valence-electron chi connectivity index (χ3n) is 7.33. The Labute approximate surface area is 206 Å². The van der Waals surface area contributed by atoms with Crippen LogP contribution in [0.1, 0.15) is 33.7 Å². The molecule has 0 atom stereocenters. The molecule has 35 heavy (non-hydrogen) atoms. The summed E-state index contributed by atoms with van der Waals surface area (Å²) in [6, 6.07) is 46.1. The van der Waals surface area contributed by atoms with E-state index in [1.807, 2.05) is 0 Å². The van der Waals surface area contributed by atoms with Gasteiger partial charge in [0.2, 0.25) is 0 Å². The highest BCUT2D eigenvalue weighted by Gasteiger charge is 2.26. The smallest absolute Gasteiger partial charge is 0.0217 e. The molecule has 7 rings (SSSR count). The zero-order chi connectivity index (χ0) is 23.2. The molecule has 0 bridgehead atoms. The van der Waals surface area contributed by atoms with Gasteiger partial charge >= 0.3 is 0 Å². The summed E-state index contributed by atoms with van der Waals surface area (Å²) in [6.45, 7) is 0. The van der Waals surface area contributed by atoms with Crippen LogP contribution in [0.2, 0.25) is 0 Å². The minimum absolute atomic E-state index is 0.139. The zero-order valence-corrected chi connectivity index (χ0v) is 19.4. The van der Waals surface area contributed by atoms with Crippen LogP contribution in [0.4, 0.5) is 0 Å². The number of fused-ring (bicyclic) bond motifs is 6. The second-order valence-corrected chi connectivity index (χ2v) is 9.28. The molecule has 0 fully saturated rings. The molecule has 0 N–H and O–H groups in total. The van der Waals surface area contributed by atoms with Crippen molar-refractivity contribution in [2.45, 2.75) is 5.92 Å². The molecule has 5 aromatic rings. The van der Waals surface area contributed by atoms with Gasteiger partial charge < -0.3 is 0 Å². The van der Waals surface area contributed by atoms with Gasteiger partial charge in [0.15, 0.2) is 0 Å². The van der Waals surface area contributed by atoms with E-state index < -0.39 is 0 Å². The van der Waals surface area contributed by atoms with Crippen molar-refractivity contribution in [1.29, 1.82) is 0 Å². The van der Waals surface area contributed by atoms with E-state index in [2.05, 4.69) is 140 Å². The van der Waals surface area contributed by atoms with Gasteiger partial charge in [-0.3, -0.25) is 0 Å². The molecule has 0 heteroatoms. The molecule has 0 unspecified atom stereocenters. The third kappa shape index (κ3) is 3.22. The Hall–Kier alpha value is -4.42. The molecule has 164 valence electrons. The van der Waals surface area contributed by atoms with E-state index in [4.69, 9.17) is 0 Å². The van der Waals surface area contributed by atoms with Crippen molar-refractivity contribution in [2.24, 2.45) is 0 Å². The van der Waals surface area contributed by atoms with Gasteiger partial charge in [-0.2, -0.15) is 0 Å². The van der Waals surface area contributed by atoms with Crippen molar-refractivity contribution >= 4 is 11.1 Å². The van der Waals surface area contributed by atoms with Crippen LogP contribution in [0.3, 0.4) is 0 Å².